The van der Waals surface area contributed by atoms with Crippen molar-refractivity contribution in [2.24, 2.45) is 5.92 Å². The number of alkyl carbamates (subject to hydrolysis) is 1. The standard InChI is InChI=1S/C26H33N3O6/c1-18(2)23(28-26(32)34-17-20-7-5-4-6-8-20)25(31)35-19(3)24(30)27-21-9-11-22(12-10-21)29-13-15-33-16-14-29/h4-12,18-19,23H,13-17H2,1-3H3,(H,27,30)(H,28,32)/t19-,23+/m0/s1. The van der Waals surface area contributed by atoms with Gasteiger partial charge in [-0.05, 0) is 42.7 Å². The van der Waals surface area contributed by atoms with Gasteiger partial charge in [-0.25, -0.2) is 9.59 Å². The number of ether oxygens (including phenoxy) is 3. The van der Waals surface area contributed by atoms with Crippen LogP contribution in [0.25, 0.3) is 0 Å². The summed E-state index contributed by atoms with van der Waals surface area (Å²) in [5.74, 6) is -1.44. The Morgan fingerprint density at radius 1 is 0.971 bits per heavy atom. The van der Waals surface area contributed by atoms with Crippen LogP contribution in [0.15, 0.2) is 54.6 Å². The number of morpholine rings is 1. The van der Waals surface area contributed by atoms with Gasteiger partial charge in [-0.2, -0.15) is 0 Å². The van der Waals surface area contributed by atoms with Crippen LogP contribution in [0.4, 0.5) is 16.2 Å². The Balaban J connectivity index is 1.48. The Labute approximate surface area is 205 Å². The molecule has 9 heteroatoms. The monoisotopic (exact) mass is 483 g/mol. The maximum atomic E-state index is 12.7. The van der Waals surface area contributed by atoms with Gasteiger partial charge in [-0.3, -0.25) is 4.79 Å². The van der Waals surface area contributed by atoms with Crippen molar-refractivity contribution in [1.29, 1.82) is 0 Å². The van der Waals surface area contributed by atoms with Gasteiger partial charge in [-0.1, -0.05) is 44.2 Å². The highest BCUT2D eigenvalue weighted by atomic mass is 16.6. The van der Waals surface area contributed by atoms with E-state index in [1.165, 1.54) is 6.92 Å². The van der Waals surface area contributed by atoms with E-state index in [0.717, 1.165) is 24.3 Å². The molecule has 0 aromatic heterocycles. The van der Waals surface area contributed by atoms with Crippen LogP contribution in [-0.2, 0) is 30.4 Å². The van der Waals surface area contributed by atoms with E-state index < -0.39 is 30.1 Å². The smallest absolute Gasteiger partial charge is 0.408 e. The summed E-state index contributed by atoms with van der Waals surface area (Å²) in [4.78, 5) is 39.7. The van der Waals surface area contributed by atoms with E-state index in [-0.39, 0.29) is 12.5 Å². The van der Waals surface area contributed by atoms with Gasteiger partial charge < -0.3 is 29.7 Å². The van der Waals surface area contributed by atoms with Gasteiger partial charge in [0.05, 0.1) is 13.2 Å². The molecule has 1 heterocycles. The number of rotatable bonds is 9. The first-order valence-corrected chi connectivity index (χ1v) is 11.7. The van der Waals surface area contributed by atoms with E-state index in [9.17, 15) is 14.4 Å². The molecule has 188 valence electrons. The highest BCUT2D eigenvalue weighted by molar-refractivity contribution is 5.95. The number of carbonyl (C=O) groups is 3. The predicted molar refractivity (Wildman–Crippen MR) is 132 cm³/mol. The van der Waals surface area contributed by atoms with E-state index in [0.29, 0.717) is 18.9 Å². The molecule has 2 atom stereocenters. The maximum Gasteiger partial charge on any atom is 0.408 e. The Kier molecular flexibility index (Phi) is 9.48. The fourth-order valence-corrected chi connectivity index (χ4v) is 3.51. The van der Waals surface area contributed by atoms with E-state index in [1.54, 1.807) is 26.0 Å². The summed E-state index contributed by atoms with van der Waals surface area (Å²) in [6.45, 7) is 8.13. The number of hydrogen-bond donors (Lipinski definition) is 2. The quantitative estimate of drug-likeness (QED) is 0.527. The lowest BCUT2D eigenvalue weighted by atomic mass is 10.1. The largest absolute Gasteiger partial charge is 0.451 e. The number of esters is 1. The minimum atomic E-state index is -1.05. The lowest BCUT2D eigenvalue weighted by molar-refractivity contribution is -0.156. The first kappa shape index (κ1) is 26.0. The van der Waals surface area contributed by atoms with Crippen molar-refractivity contribution in [2.45, 2.75) is 39.5 Å². The molecule has 1 saturated heterocycles. The number of nitrogens with zero attached hydrogens (tertiary/aromatic N) is 1. The molecule has 2 aromatic carbocycles. The van der Waals surface area contributed by atoms with Gasteiger partial charge in [0.15, 0.2) is 6.10 Å². The lowest BCUT2D eigenvalue weighted by Gasteiger charge is -2.29. The molecule has 9 nitrogen and oxygen atoms in total. The molecule has 3 rings (SSSR count). The number of anilines is 2. The molecular formula is C26H33N3O6. The van der Waals surface area contributed by atoms with Crippen molar-refractivity contribution in [1.82, 2.24) is 5.32 Å². The lowest BCUT2D eigenvalue weighted by Crippen LogP contribution is -2.47. The third-order valence-corrected chi connectivity index (χ3v) is 5.58. The second kappa shape index (κ2) is 12.8. The molecule has 2 amide bonds. The molecule has 0 unspecified atom stereocenters. The second-order valence-corrected chi connectivity index (χ2v) is 8.64. The SMILES string of the molecule is CC(C)[C@@H](NC(=O)OCc1ccccc1)C(=O)O[C@@H](C)C(=O)Nc1ccc(N2CCOCC2)cc1. The molecule has 2 N–H and O–H groups in total. The van der Waals surface area contributed by atoms with Crippen LogP contribution in [0.2, 0.25) is 0 Å². The molecule has 0 radical (unpaired) electrons. The number of hydrogen-bond acceptors (Lipinski definition) is 7. The molecule has 0 bridgehead atoms. The minimum Gasteiger partial charge on any atom is -0.451 e. The predicted octanol–water partition coefficient (Wildman–Crippen LogP) is 3.34. The Morgan fingerprint density at radius 3 is 2.26 bits per heavy atom. The summed E-state index contributed by atoms with van der Waals surface area (Å²) >= 11 is 0. The molecule has 0 aliphatic carbocycles. The summed E-state index contributed by atoms with van der Waals surface area (Å²) in [6.07, 6.45) is -1.79. The summed E-state index contributed by atoms with van der Waals surface area (Å²) < 4.78 is 15.9. The van der Waals surface area contributed by atoms with E-state index in [4.69, 9.17) is 14.2 Å². The molecule has 0 spiro atoms. The van der Waals surface area contributed by atoms with Gasteiger partial charge in [0.1, 0.15) is 12.6 Å². The van der Waals surface area contributed by atoms with Gasteiger partial charge in [0.25, 0.3) is 5.91 Å². The summed E-state index contributed by atoms with van der Waals surface area (Å²) in [5.41, 5.74) is 2.48. The summed E-state index contributed by atoms with van der Waals surface area (Å²) in [5, 5.41) is 5.29. The van der Waals surface area contributed by atoms with Crippen molar-refractivity contribution in [3.8, 4) is 0 Å². The summed E-state index contributed by atoms with van der Waals surface area (Å²) in [6, 6.07) is 15.7. The first-order chi connectivity index (χ1) is 16.8. The summed E-state index contributed by atoms with van der Waals surface area (Å²) in [7, 11) is 0. The zero-order valence-electron chi connectivity index (χ0n) is 20.4. The van der Waals surface area contributed by atoms with Crippen LogP contribution >= 0.6 is 0 Å². The number of benzene rings is 2. The van der Waals surface area contributed by atoms with Crippen LogP contribution in [0.5, 0.6) is 0 Å². The fourth-order valence-electron chi connectivity index (χ4n) is 3.51. The van der Waals surface area contributed by atoms with Gasteiger partial charge in [0.2, 0.25) is 0 Å². The van der Waals surface area contributed by atoms with Crippen LogP contribution < -0.4 is 15.5 Å². The average Bonchev–Trinajstić information content (AvgIpc) is 2.87. The van der Waals surface area contributed by atoms with E-state index >= 15 is 0 Å². The van der Waals surface area contributed by atoms with Gasteiger partial charge in [-0.15, -0.1) is 0 Å². The topological polar surface area (TPSA) is 106 Å². The fraction of sp³-hybridized carbons (Fsp3) is 0.423. The number of amides is 2. The van der Waals surface area contributed by atoms with Crippen LogP contribution in [0.3, 0.4) is 0 Å². The minimum absolute atomic E-state index is 0.0790. The third-order valence-electron chi connectivity index (χ3n) is 5.58. The van der Waals surface area contributed by atoms with Crippen molar-refractivity contribution < 1.29 is 28.6 Å². The van der Waals surface area contributed by atoms with Crippen LogP contribution in [0, 0.1) is 5.92 Å². The van der Waals surface area contributed by atoms with E-state index in [2.05, 4.69) is 15.5 Å². The van der Waals surface area contributed by atoms with Gasteiger partial charge in [0, 0.05) is 24.5 Å². The first-order valence-electron chi connectivity index (χ1n) is 11.7. The Morgan fingerprint density at radius 2 is 1.63 bits per heavy atom. The van der Waals surface area contributed by atoms with Crippen molar-refractivity contribution in [2.75, 3.05) is 36.5 Å². The van der Waals surface area contributed by atoms with Gasteiger partial charge >= 0.3 is 12.1 Å². The molecule has 35 heavy (non-hydrogen) atoms. The van der Waals surface area contributed by atoms with Crippen LogP contribution in [-0.4, -0.2) is 56.4 Å². The zero-order valence-corrected chi connectivity index (χ0v) is 20.4. The molecule has 2 aromatic rings. The van der Waals surface area contributed by atoms with Crippen molar-refractivity contribution in [3.63, 3.8) is 0 Å². The van der Waals surface area contributed by atoms with Crippen molar-refractivity contribution >= 4 is 29.3 Å². The maximum absolute atomic E-state index is 12.7. The number of nitrogens with one attached hydrogen (secondary N) is 2. The third kappa shape index (κ3) is 7.99. The normalized spacial score (nSPS) is 15.1. The molecule has 1 aliphatic heterocycles. The van der Waals surface area contributed by atoms with Crippen LogP contribution in [0.1, 0.15) is 26.3 Å². The number of carbonyl (C=O) groups excluding carboxylic acids is 3. The average molecular weight is 484 g/mol. The zero-order chi connectivity index (χ0) is 25.2. The van der Waals surface area contributed by atoms with E-state index in [1.807, 2.05) is 42.5 Å². The molecule has 1 fully saturated rings. The molecule has 0 saturated carbocycles. The molecule has 1 aliphatic rings. The van der Waals surface area contributed by atoms with Crippen molar-refractivity contribution in [3.05, 3.63) is 60.2 Å². The highest BCUT2D eigenvalue weighted by Gasteiger charge is 2.29. The molecular weight excluding hydrogens is 450 g/mol. The second-order valence-electron chi connectivity index (χ2n) is 8.64. The Hall–Kier alpha value is -3.59. The Bertz CT molecular complexity index is 974. The highest BCUT2D eigenvalue weighted by Crippen LogP contribution is 2.19.